The molecule has 0 bridgehead atoms. The molecule has 0 aromatic rings. The van der Waals surface area contributed by atoms with Crippen molar-refractivity contribution in [1.29, 1.82) is 0 Å². The van der Waals surface area contributed by atoms with Crippen LogP contribution in [-0.4, -0.2) is 76.7 Å². The van der Waals surface area contributed by atoms with Crippen molar-refractivity contribution in [3.8, 4) is 0 Å². The van der Waals surface area contributed by atoms with Gasteiger partial charge in [0.25, 0.3) is 10.0 Å². The van der Waals surface area contributed by atoms with E-state index < -0.39 is 65.9 Å². The second-order valence-electron chi connectivity index (χ2n) is 5.05. The third kappa shape index (κ3) is 3.30. The Labute approximate surface area is 143 Å². The SMILES string of the molecule is O=P(O)(O)N1CCNC(P(=O)(O)O)(P(=O)(O)O)C1(P(=O)(O)O)P(=O)(O)O. The van der Waals surface area contributed by atoms with Gasteiger partial charge >= 0.3 is 38.1 Å². The van der Waals surface area contributed by atoms with Gasteiger partial charge in [-0.1, -0.05) is 0 Å². The van der Waals surface area contributed by atoms with Crippen LogP contribution < -0.4 is 5.32 Å². The quantitative estimate of drug-likeness (QED) is 0.173. The zero-order valence-corrected chi connectivity index (χ0v) is 16.6. The highest BCUT2D eigenvalue weighted by Crippen LogP contribution is 2.89. The van der Waals surface area contributed by atoms with E-state index in [0.717, 1.165) is 0 Å². The maximum absolute atomic E-state index is 12.0. The molecule has 1 rings (SSSR count). The fraction of sp³-hybridized carbons (Fsp3) is 1.00. The van der Waals surface area contributed by atoms with Crippen LogP contribution in [0.3, 0.4) is 0 Å². The van der Waals surface area contributed by atoms with Crippen molar-refractivity contribution in [3.05, 3.63) is 0 Å². The summed E-state index contributed by atoms with van der Waals surface area (Å²) in [5, 5.41) is -8.42. The van der Waals surface area contributed by atoms with E-state index in [1.54, 1.807) is 0 Å². The van der Waals surface area contributed by atoms with E-state index in [0.29, 0.717) is 0 Å². The van der Waals surface area contributed by atoms with E-state index in [2.05, 4.69) is 0 Å². The fourth-order valence-electron chi connectivity index (χ4n) is 2.75. The number of hydrogen-bond donors (Lipinski definition) is 11. The van der Waals surface area contributed by atoms with Crippen molar-refractivity contribution in [2.45, 2.75) is 10.0 Å². The summed E-state index contributed by atoms with van der Waals surface area (Å²) in [6.07, 6.45) is 0. The lowest BCUT2D eigenvalue weighted by Crippen LogP contribution is -2.72. The van der Waals surface area contributed by atoms with E-state index in [-0.39, 0.29) is 0 Å². The minimum atomic E-state index is -6.84. The Bertz CT molecular complexity index is 762. The highest BCUT2D eigenvalue weighted by molar-refractivity contribution is 7.81. The molecule has 0 unspecified atom stereocenters. The molecule has 0 radical (unpaired) electrons. The topological polar surface area (TPSA) is 303 Å². The Morgan fingerprint density at radius 2 is 1.00 bits per heavy atom. The van der Waals surface area contributed by atoms with Crippen LogP contribution in [0.25, 0.3) is 0 Å². The monoisotopic (exact) mass is 486 g/mol. The molecule has 1 fully saturated rings. The van der Waals surface area contributed by atoms with Gasteiger partial charge in [-0.15, -0.1) is 0 Å². The van der Waals surface area contributed by atoms with Crippen LogP contribution >= 0.6 is 38.1 Å². The molecule has 0 saturated carbocycles. The molecule has 0 aromatic heterocycles. The molecular weight excluding hydrogens is 471 g/mol. The molecule has 0 aromatic carbocycles. The van der Waals surface area contributed by atoms with Gasteiger partial charge in [0.2, 0.25) is 0 Å². The van der Waals surface area contributed by atoms with Gasteiger partial charge in [0.05, 0.1) is 0 Å². The minimum absolute atomic E-state index is 0.976. The molecule has 1 heterocycles. The lowest BCUT2D eigenvalue weighted by molar-refractivity contribution is 0.115. The van der Waals surface area contributed by atoms with E-state index in [4.69, 9.17) is 0 Å². The number of rotatable bonds is 5. The van der Waals surface area contributed by atoms with Crippen molar-refractivity contribution in [2.75, 3.05) is 13.1 Å². The predicted octanol–water partition coefficient (Wildman–Crippen LogP) is -3.00. The first-order chi connectivity index (χ1) is 11.1. The molecule has 0 aliphatic carbocycles. The molecule has 0 spiro atoms. The lowest BCUT2D eigenvalue weighted by atomic mass is 10.4. The van der Waals surface area contributed by atoms with E-state index in [1.807, 2.05) is 0 Å². The molecule has 17 nitrogen and oxygen atoms in total. The average molecular weight is 486 g/mol. The van der Waals surface area contributed by atoms with Gasteiger partial charge in [-0.25, -0.2) is 4.57 Å². The van der Waals surface area contributed by atoms with Crippen LogP contribution in [-0.2, 0) is 22.8 Å². The van der Waals surface area contributed by atoms with Gasteiger partial charge in [0.1, 0.15) is 0 Å². The summed E-state index contributed by atoms with van der Waals surface area (Å²) in [6.45, 7) is -2.47. The molecule has 11 N–H and O–H groups in total. The Morgan fingerprint density at radius 1 is 0.654 bits per heavy atom. The molecule has 26 heavy (non-hydrogen) atoms. The van der Waals surface area contributed by atoms with E-state index in [9.17, 15) is 71.8 Å². The maximum Gasteiger partial charge on any atom is 0.404 e. The molecule has 0 atom stereocenters. The molecular formula is C4H15N2O15P5. The second-order valence-corrected chi connectivity index (χ2v) is 14.3. The third-order valence-corrected chi connectivity index (χ3v) is 14.2. The summed E-state index contributed by atoms with van der Waals surface area (Å²) in [6, 6.07) is 0. The zero-order valence-electron chi connectivity index (χ0n) is 12.1. The van der Waals surface area contributed by atoms with Gasteiger partial charge in [-0.3, -0.25) is 23.6 Å². The maximum atomic E-state index is 12.0. The Morgan fingerprint density at radius 3 is 1.23 bits per heavy atom. The molecule has 1 aliphatic rings. The Kier molecular flexibility index (Phi) is 6.27. The van der Waals surface area contributed by atoms with E-state index in [1.165, 1.54) is 5.32 Å². The van der Waals surface area contributed by atoms with Crippen LogP contribution in [0, 0.1) is 0 Å². The number of hydrogen-bond acceptors (Lipinski definition) is 6. The fourth-order valence-corrected chi connectivity index (χ4v) is 14.4. The van der Waals surface area contributed by atoms with Gasteiger partial charge in [-0.05, 0) is 0 Å². The largest absolute Gasteiger partial charge is 0.404 e. The highest BCUT2D eigenvalue weighted by atomic mass is 31.3. The van der Waals surface area contributed by atoms with Crippen molar-refractivity contribution >= 4 is 38.1 Å². The highest BCUT2D eigenvalue weighted by Gasteiger charge is 2.89. The first-order valence-electron chi connectivity index (χ1n) is 5.90. The summed E-state index contributed by atoms with van der Waals surface area (Å²) in [5.74, 6) is 0. The van der Waals surface area contributed by atoms with E-state index >= 15 is 0 Å². The second kappa shape index (κ2) is 6.60. The Hall–Kier alpha value is 0.670. The summed E-state index contributed by atoms with van der Waals surface area (Å²) < 4.78 is 58.5. The van der Waals surface area contributed by atoms with Crippen LogP contribution in [0.15, 0.2) is 0 Å². The summed E-state index contributed by atoms with van der Waals surface area (Å²) in [5.41, 5.74) is 0. The lowest BCUT2D eigenvalue weighted by Gasteiger charge is -2.56. The summed E-state index contributed by atoms with van der Waals surface area (Å²) in [4.78, 5) is 94.6. The van der Waals surface area contributed by atoms with Crippen molar-refractivity contribution < 1.29 is 71.8 Å². The molecule has 22 heteroatoms. The van der Waals surface area contributed by atoms with Crippen LogP contribution in [0.4, 0.5) is 0 Å². The van der Waals surface area contributed by atoms with Gasteiger partial charge in [0.15, 0.2) is 0 Å². The zero-order chi connectivity index (χ0) is 21.2. The molecule has 0 amide bonds. The van der Waals surface area contributed by atoms with Crippen LogP contribution in [0.1, 0.15) is 0 Å². The predicted molar refractivity (Wildman–Crippen MR) is 80.4 cm³/mol. The van der Waals surface area contributed by atoms with Crippen LogP contribution in [0.2, 0.25) is 0 Å². The number of piperazine rings is 1. The summed E-state index contributed by atoms with van der Waals surface area (Å²) >= 11 is 0. The average Bonchev–Trinajstić information content (AvgIpc) is 2.30. The Balaban J connectivity index is 4.42. The minimum Gasteiger partial charge on any atom is -0.323 e. The number of nitrogens with one attached hydrogen (secondary N) is 1. The van der Waals surface area contributed by atoms with Crippen molar-refractivity contribution in [2.24, 2.45) is 0 Å². The smallest absolute Gasteiger partial charge is 0.323 e. The summed E-state index contributed by atoms with van der Waals surface area (Å²) in [7, 11) is -33.1. The normalized spacial score (nSPS) is 23.0. The van der Waals surface area contributed by atoms with Crippen molar-refractivity contribution in [3.63, 3.8) is 0 Å². The first-order valence-corrected chi connectivity index (χ1v) is 13.9. The van der Waals surface area contributed by atoms with Crippen LogP contribution in [0.5, 0.6) is 0 Å². The third-order valence-electron chi connectivity index (χ3n) is 3.49. The number of nitrogens with zero attached hydrogens (tertiary/aromatic N) is 1. The van der Waals surface area contributed by atoms with Crippen molar-refractivity contribution in [1.82, 2.24) is 9.99 Å². The van der Waals surface area contributed by atoms with Gasteiger partial charge in [-0.2, -0.15) is 4.67 Å². The van der Waals surface area contributed by atoms with Gasteiger partial charge < -0.3 is 48.9 Å². The first kappa shape index (κ1) is 24.7. The molecule has 156 valence electrons. The van der Waals surface area contributed by atoms with Gasteiger partial charge in [0, 0.05) is 13.1 Å². The standard InChI is InChI=1S/C4H15N2O15P5/c7-22(8,9)3(23(10,11)12)4(24(13,14)15,25(16,17)18)6(2-1-5-3)26(19,20)21/h5H,1-2H2,(H2,7,8,9)(H2,10,11,12)(H2,13,14,15)(H2,16,17,18)(H2,19,20,21). The molecule has 1 saturated heterocycles. The molecule has 1 aliphatic heterocycles.